The van der Waals surface area contributed by atoms with Gasteiger partial charge < -0.3 is 0 Å². The zero-order valence-electron chi connectivity index (χ0n) is 22.1. The summed E-state index contributed by atoms with van der Waals surface area (Å²) in [4.78, 5) is 0. The molecule has 36 heavy (non-hydrogen) atoms. The molecule has 1 saturated carbocycles. The van der Waals surface area contributed by atoms with E-state index in [4.69, 9.17) is 0 Å². The normalized spacial score (nSPS) is 25.2. The molecule has 3 aliphatic rings. The van der Waals surface area contributed by atoms with Crippen LogP contribution < -0.4 is 10.9 Å². The van der Waals surface area contributed by atoms with Crippen molar-refractivity contribution < 1.29 is 0 Å². The first-order valence-corrected chi connectivity index (χ1v) is 13.8. The van der Waals surface area contributed by atoms with Gasteiger partial charge in [-0.1, -0.05) is 143 Å². The van der Waals surface area contributed by atoms with E-state index in [1.165, 1.54) is 64.5 Å². The smallest absolute Gasteiger partial charge is 0.0735 e. The second-order valence-corrected chi connectivity index (χ2v) is 12.5. The van der Waals surface area contributed by atoms with Crippen molar-refractivity contribution in [1.82, 2.24) is 0 Å². The molecule has 0 nitrogen and oxygen atoms in total. The minimum absolute atomic E-state index is 0.0327. The van der Waals surface area contributed by atoms with Crippen molar-refractivity contribution in [3.63, 3.8) is 0 Å². The highest BCUT2D eigenvalue weighted by Gasteiger charge is 2.60. The van der Waals surface area contributed by atoms with E-state index in [0.29, 0.717) is 6.71 Å². The fourth-order valence-corrected chi connectivity index (χ4v) is 8.32. The number of hydrogen-bond donors (Lipinski definition) is 0. The summed E-state index contributed by atoms with van der Waals surface area (Å²) in [7, 11) is 0. The van der Waals surface area contributed by atoms with Crippen LogP contribution in [0.15, 0.2) is 91.0 Å². The number of rotatable bonds is 2. The summed E-state index contributed by atoms with van der Waals surface area (Å²) in [5, 5.41) is 0.259. The van der Waals surface area contributed by atoms with Crippen LogP contribution in [0.2, 0.25) is 5.31 Å². The Morgan fingerprint density at radius 2 is 1.22 bits per heavy atom. The van der Waals surface area contributed by atoms with Crippen LogP contribution >= 0.6 is 0 Å². The molecule has 1 fully saturated rings. The van der Waals surface area contributed by atoms with E-state index in [1.54, 1.807) is 11.0 Å². The summed E-state index contributed by atoms with van der Waals surface area (Å²) in [5.74, 6) is 0. The molecular weight excluding hydrogens is 431 g/mol. The molecule has 2 atom stereocenters. The van der Waals surface area contributed by atoms with Crippen molar-refractivity contribution in [2.45, 2.75) is 69.5 Å². The lowest BCUT2D eigenvalue weighted by Crippen LogP contribution is -2.51. The van der Waals surface area contributed by atoms with E-state index < -0.39 is 0 Å². The second kappa shape index (κ2) is 7.48. The standard InChI is InChI=1S/C35H35B/c1-33(2)29-15-9-8-14-27(29)28-18-16-24(22-30(28)33)25-17-19-32-31(23-25)34(3)20-10-11-21-35(34,4)36(32)26-12-6-5-7-13-26/h5-9,12-19,22-23H,10-11,20-21H2,1-4H3. The summed E-state index contributed by atoms with van der Waals surface area (Å²) in [6.45, 7) is 10.4. The molecule has 1 aliphatic heterocycles. The number of fused-ring (bicyclic) bond motifs is 6. The summed E-state index contributed by atoms with van der Waals surface area (Å²) >= 11 is 0. The molecule has 0 amide bonds. The Morgan fingerprint density at radius 3 is 2.03 bits per heavy atom. The highest BCUT2D eigenvalue weighted by molar-refractivity contribution is 6.89. The van der Waals surface area contributed by atoms with E-state index in [0.717, 1.165) is 0 Å². The van der Waals surface area contributed by atoms with Gasteiger partial charge in [0.2, 0.25) is 6.71 Å². The lowest BCUT2D eigenvalue weighted by atomic mass is 9.26. The Labute approximate surface area is 216 Å². The minimum atomic E-state index is 0.0327. The van der Waals surface area contributed by atoms with Crippen molar-refractivity contribution in [3.05, 3.63) is 108 Å². The molecule has 7 rings (SSSR count). The first-order chi connectivity index (χ1) is 17.3. The van der Waals surface area contributed by atoms with Crippen molar-refractivity contribution in [2.75, 3.05) is 0 Å². The molecule has 0 N–H and O–H groups in total. The number of hydrogen-bond acceptors (Lipinski definition) is 0. The Hall–Kier alpha value is -3.06. The molecule has 0 radical (unpaired) electrons. The van der Waals surface area contributed by atoms with Gasteiger partial charge in [0.05, 0.1) is 0 Å². The maximum atomic E-state index is 2.58. The highest BCUT2D eigenvalue weighted by atomic mass is 14.5. The third-order valence-corrected chi connectivity index (χ3v) is 10.5. The first kappa shape index (κ1) is 22.2. The van der Waals surface area contributed by atoms with Crippen molar-refractivity contribution in [1.29, 1.82) is 0 Å². The minimum Gasteiger partial charge on any atom is -0.0735 e. The monoisotopic (exact) mass is 466 g/mol. The largest absolute Gasteiger partial charge is 0.216 e. The third-order valence-electron chi connectivity index (χ3n) is 10.5. The van der Waals surface area contributed by atoms with Crippen molar-refractivity contribution in [3.8, 4) is 22.3 Å². The van der Waals surface area contributed by atoms with E-state index in [1.807, 2.05) is 0 Å². The summed E-state index contributed by atoms with van der Waals surface area (Å²) in [5.41, 5.74) is 13.3. The maximum Gasteiger partial charge on any atom is 0.216 e. The van der Waals surface area contributed by atoms with Gasteiger partial charge >= 0.3 is 0 Å². The van der Waals surface area contributed by atoms with Gasteiger partial charge in [0.1, 0.15) is 0 Å². The van der Waals surface area contributed by atoms with Gasteiger partial charge in [-0.2, -0.15) is 0 Å². The predicted octanol–water partition coefficient (Wildman–Crippen LogP) is 7.87. The van der Waals surface area contributed by atoms with Crippen LogP contribution in [0, 0.1) is 0 Å². The molecule has 1 heteroatoms. The van der Waals surface area contributed by atoms with Crippen LogP contribution in [-0.2, 0) is 10.8 Å². The Bertz CT molecular complexity index is 1500. The van der Waals surface area contributed by atoms with Crippen LogP contribution in [0.5, 0.6) is 0 Å². The average Bonchev–Trinajstić information content (AvgIpc) is 3.26. The Kier molecular flexibility index (Phi) is 4.61. The second-order valence-electron chi connectivity index (χ2n) is 12.5. The van der Waals surface area contributed by atoms with Crippen LogP contribution in [-0.4, -0.2) is 6.71 Å². The molecule has 1 heterocycles. The molecule has 178 valence electrons. The van der Waals surface area contributed by atoms with Gasteiger partial charge in [0.25, 0.3) is 0 Å². The lowest BCUT2D eigenvalue weighted by Gasteiger charge is -2.48. The molecule has 4 aromatic carbocycles. The first-order valence-electron chi connectivity index (χ1n) is 13.8. The topological polar surface area (TPSA) is 0 Å². The Morgan fingerprint density at radius 1 is 0.583 bits per heavy atom. The van der Waals surface area contributed by atoms with Crippen molar-refractivity contribution >= 4 is 17.6 Å². The van der Waals surface area contributed by atoms with Gasteiger partial charge in [-0.05, 0) is 62.2 Å². The highest BCUT2D eigenvalue weighted by Crippen LogP contribution is 2.62. The molecule has 0 saturated heterocycles. The SMILES string of the molecule is CC1(C)c2ccccc2-c2ccc(-c3ccc4c(c3)C3(C)CCCCC3(C)B4c3ccccc3)cc21. The van der Waals surface area contributed by atoms with E-state index >= 15 is 0 Å². The molecule has 4 aromatic rings. The van der Waals surface area contributed by atoms with Crippen LogP contribution in [0.4, 0.5) is 0 Å². The predicted molar refractivity (Wildman–Crippen MR) is 155 cm³/mol. The van der Waals surface area contributed by atoms with E-state index in [2.05, 4.69) is 119 Å². The van der Waals surface area contributed by atoms with Gasteiger partial charge in [0.15, 0.2) is 0 Å². The van der Waals surface area contributed by atoms with Crippen LogP contribution in [0.3, 0.4) is 0 Å². The summed E-state index contributed by atoms with van der Waals surface area (Å²) < 4.78 is 0. The van der Waals surface area contributed by atoms with Gasteiger partial charge in [-0.25, -0.2) is 0 Å². The molecule has 2 aliphatic carbocycles. The van der Waals surface area contributed by atoms with Crippen LogP contribution in [0.1, 0.15) is 70.1 Å². The van der Waals surface area contributed by atoms with Gasteiger partial charge in [0, 0.05) is 5.41 Å². The van der Waals surface area contributed by atoms with Gasteiger partial charge in [-0.15, -0.1) is 0 Å². The van der Waals surface area contributed by atoms with E-state index in [-0.39, 0.29) is 16.1 Å². The third kappa shape index (κ3) is 2.78. The summed E-state index contributed by atoms with van der Waals surface area (Å²) in [6, 6.07) is 34.9. The van der Waals surface area contributed by atoms with Crippen molar-refractivity contribution in [2.24, 2.45) is 0 Å². The zero-order chi connectivity index (χ0) is 24.7. The number of benzene rings is 4. The quantitative estimate of drug-likeness (QED) is 0.264. The molecule has 0 aromatic heterocycles. The molecular formula is C35H35B. The average molecular weight is 466 g/mol. The van der Waals surface area contributed by atoms with E-state index in [9.17, 15) is 0 Å². The zero-order valence-corrected chi connectivity index (χ0v) is 22.1. The van der Waals surface area contributed by atoms with Crippen LogP contribution in [0.25, 0.3) is 22.3 Å². The molecule has 0 spiro atoms. The lowest BCUT2D eigenvalue weighted by molar-refractivity contribution is 0.243. The fraction of sp³-hybridized carbons (Fsp3) is 0.314. The fourth-order valence-electron chi connectivity index (χ4n) is 8.32. The molecule has 0 bridgehead atoms. The Balaban J connectivity index is 1.38. The maximum absolute atomic E-state index is 2.58. The summed E-state index contributed by atoms with van der Waals surface area (Å²) in [6.07, 6.45) is 5.27. The molecule has 2 unspecified atom stereocenters. The van der Waals surface area contributed by atoms with Gasteiger partial charge in [-0.3, -0.25) is 0 Å².